The van der Waals surface area contributed by atoms with E-state index in [2.05, 4.69) is 27.3 Å². The molecule has 0 unspecified atom stereocenters. The van der Waals surface area contributed by atoms with Crippen LogP contribution in [-0.2, 0) is 6.54 Å². The zero-order valence-corrected chi connectivity index (χ0v) is 12.4. The number of halogens is 2. The van der Waals surface area contributed by atoms with Crippen LogP contribution in [0.3, 0.4) is 0 Å². The zero-order chi connectivity index (χ0) is 14.5. The van der Waals surface area contributed by atoms with Crippen LogP contribution in [0.15, 0.2) is 40.9 Å². The highest BCUT2D eigenvalue weighted by atomic mass is 79.9. The molecule has 0 saturated carbocycles. The largest absolute Gasteiger partial charge is 0.495 e. The van der Waals surface area contributed by atoms with Crippen molar-refractivity contribution in [2.45, 2.75) is 6.54 Å². The van der Waals surface area contributed by atoms with Crippen LogP contribution in [0.4, 0.5) is 10.1 Å². The molecule has 0 aliphatic carbocycles. The lowest BCUT2D eigenvalue weighted by atomic mass is 10.1. The average molecular weight is 335 g/mol. The Balaban J connectivity index is 2.11. The minimum absolute atomic E-state index is 0.299. The van der Waals surface area contributed by atoms with Crippen LogP contribution >= 0.6 is 15.9 Å². The lowest BCUT2D eigenvalue weighted by Gasteiger charge is -2.09. The summed E-state index contributed by atoms with van der Waals surface area (Å²) in [5.41, 5.74) is 2.24. The van der Waals surface area contributed by atoms with Crippen molar-refractivity contribution in [1.29, 1.82) is 5.26 Å². The van der Waals surface area contributed by atoms with Crippen LogP contribution in [0, 0.1) is 17.1 Å². The van der Waals surface area contributed by atoms with Crippen molar-refractivity contribution in [2.24, 2.45) is 0 Å². The van der Waals surface area contributed by atoms with Crippen LogP contribution < -0.4 is 10.1 Å². The number of rotatable bonds is 4. The van der Waals surface area contributed by atoms with E-state index >= 15 is 0 Å². The molecule has 0 aliphatic heterocycles. The molecule has 0 aliphatic rings. The smallest absolute Gasteiger partial charge is 0.137 e. The molecular formula is C15H12BrFN2O. The zero-order valence-electron chi connectivity index (χ0n) is 10.8. The minimum atomic E-state index is -0.299. The molecule has 0 bridgehead atoms. The number of nitrogens with one attached hydrogen (secondary N) is 1. The van der Waals surface area contributed by atoms with E-state index in [4.69, 9.17) is 10.00 Å². The first kappa shape index (κ1) is 14.4. The summed E-state index contributed by atoms with van der Waals surface area (Å²) >= 11 is 3.14. The molecule has 0 aromatic heterocycles. The Morgan fingerprint density at radius 2 is 2.10 bits per heavy atom. The van der Waals surface area contributed by atoms with Gasteiger partial charge in [-0.05, 0) is 51.8 Å². The number of benzene rings is 2. The molecular weight excluding hydrogens is 323 g/mol. The molecule has 102 valence electrons. The molecule has 0 radical (unpaired) electrons. The number of hydrogen-bond donors (Lipinski definition) is 1. The highest BCUT2D eigenvalue weighted by Crippen LogP contribution is 2.22. The Morgan fingerprint density at radius 3 is 2.75 bits per heavy atom. The van der Waals surface area contributed by atoms with Gasteiger partial charge in [0.25, 0.3) is 0 Å². The van der Waals surface area contributed by atoms with Gasteiger partial charge in [0.15, 0.2) is 0 Å². The molecule has 2 aromatic carbocycles. The van der Waals surface area contributed by atoms with Crippen molar-refractivity contribution in [1.82, 2.24) is 0 Å². The highest BCUT2D eigenvalue weighted by Gasteiger charge is 2.04. The Labute approximate surface area is 125 Å². The first-order valence-electron chi connectivity index (χ1n) is 5.90. The summed E-state index contributed by atoms with van der Waals surface area (Å²) in [4.78, 5) is 0. The summed E-state index contributed by atoms with van der Waals surface area (Å²) in [6.07, 6.45) is 0. The van der Waals surface area contributed by atoms with Crippen LogP contribution in [-0.4, -0.2) is 7.11 Å². The first-order valence-corrected chi connectivity index (χ1v) is 6.69. The van der Waals surface area contributed by atoms with E-state index in [-0.39, 0.29) is 5.82 Å². The van der Waals surface area contributed by atoms with Gasteiger partial charge in [-0.2, -0.15) is 5.26 Å². The van der Waals surface area contributed by atoms with Gasteiger partial charge >= 0.3 is 0 Å². The van der Waals surface area contributed by atoms with Gasteiger partial charge < -0.3 is 10.1 Å². The highest BCUT2D eigenvalue weighted by molar-refractivity contribution is 9.10. The molecule has 0 spiro atoms. The SMILES string of the molecule is COc1ccc(CNc2ccc(F)c(Br)c2)cc1C#N. The van der Waals surface area contributed by atoms with Crippen molar-refractivity contribution in [2.75, 3.05) is 12.4 Å². The van der Waals surface area contributed by atoms with Gasteiger partial charge in [-0.25, -0.2) is 4.39 Å². The maximum absolute atomic E-state index is 13.1. The Kier molecular flexibility index (Phi) is 4.59. The maximum Gasteiger partial charge on any atom is 0.137 e. The molecule has 0 saturated heterocycles. The fourth-order valence-electron chi connectivity index (χ4n) is 1.76. The molecule has 2 rings (SSSR count). The van der Waals surface area contributed by atoms with Crippen LogP contribution in [0.1, 0.15) is 11.1 Å². The summed E-state index contributed by atoms with van der Waals surface area (Å²) in [5.74, 6) is 0.257. The summed E-state index contributed by atoms with van der Waals surface area (Å²) in [6.45, 7) is 0.538. The standard InChI is InChI=1S/C15H12BrFN2O/c1-20-15-5-2-10(6-11(15)8-18)9-19-12-3-4-14(17)13(16)7-12/h2-7,19H,9H2,1H3. The number of hydrogen-bond acceptors (Lipinski definition) is 3. The van der Waals surface area contributed by atoms with Gasteiger partial charge in [-0.1, -0.05) is 6.07 Å². The van der Waals surface area contributed by atoms with Crippen LogP contribution in [0.2, 0.25) is 0 Å². The van der Waals surface area contributed by atoms with E-state index in [1.54, 1.807) is 24.3 Å². The lowest BCUT2D eigenvalue weighted by Crippen LogP contribution is -2.00. The van der Waals surface area contributed by atoms with Crippen molar-refractivity contribution in [3.05, 3.63) is 57.8 Å². The maximum atomic E-state index is 13.1. The van der Waals surface area contributed by atoms with Gasteiger partial charge in [-0.3, -0.25) is 0 Å². The Bertz CT molecular complexity index is 667. The molecule has 3 nitrogen and oxygen atoms in total. The second-order valence-electron chi connectivity index (χ2n) is 4.13. The van der Waals surface area contributed by atoms with Gasteiger partial charge in [-0.15, -0.1) is 0 Å². The van der Waals surface area contributed by atoms with E-state index in [0.717, 1.165) is 11.3 Å². The van der Waals surface area contributed by atoms with Crippen molar-refractivity contribution >= 4 is 21.6 Å². The van der Waals surface area contributed by atoms with E-state index in [1.807, 2.05) is 6.07 Å². The summed E-state index contributed by atoms with van der Waals surface area (Å²) in [7, 11) is 1.53. The van der Waals surface area contributed by atoms with Gasteiger partial charge in [0.1, 0.15) is 17.6 Å². The topological polar surface area (TPSA) is 45.0 Å². The Morgan fingerprint density at radius 1 is 1.30 bits per heavy atom. The van der Waals surface area contributed by atoms with Crippen molar-refractivity contribution < 1.29 is 9.13 Å². The summed E-state index contributed by atoms with van der Waals surface area (Å²) < 4.78 is 18.6. The Hall–Kier alpha value is -2.06. The third-order valence-corrected chi connectivity index (χ3v) is 3.41. The molecule has 5 heteroatoms. The molecule has 0 heterocycles. The average Bonchev–Trinajstić information content (AvgIpc) is 2.48. The predicted octanol–water partition coefficient (Wildman–Crippen LogP) is 4.08. The molecule has 20 heavy (non-hydrogen) atoms. The number of anilines is 1. The van der Waals surface area contributed by atoms with E-state index in [0.29, 0.717) is 22.3 Å². The number of ether oxygens (including phenoxy) is 1. The van der Waals surface area contributed by atoms with Crippen molar-refractivity contribution in [3.63, 3.8) is 0 Å². The fraction of sp³-hybridized carbons (Fsp3) is 0.133. The van der Waals surface area contributed by atoms with E-state index in [9.17, 15) is 4.39 Å². The number of nitrogens with zero attached hydrogens (tertiary/aromatic N) is 1. The molecule has 0 amide bonds. The van der Waals surface area contributed by atoms with E-state index in [1.165, 1.54) is 13.2 Å². The fourth-order valence-corrected chi connectivity index (χ4v) is 2.14. The second kappa shape index (κ2) is 6.40. The third-order valence-electron chi connectivity index (χ3n) is 2.80. The predicted molar refractivity (Wildman–Crippen MR) is 79.1 cm³/mol. The van der Waals surface area contributed by atoms with Gasteiger partial charge in [0.2, 0.25) is 0 Å². The normalized spacial score (nSPS) is 9.90. The lowest BCUT2D eigenvalue weighted by molar-refractivity contribution is 0.413. The number of nitriles is 1. The van der Waals surface area contributed by atoms with Crippen molar-refractivity contribution in [3.8, 4) is 11.8 Å². The third kappa shape index (κ3) is 3.28. The summed E-state index contributed by atoms with van der Waals surface area (Å²) in [6, 6.07) is 12.2. The molecule has 0 atom stereocenters. The van der Waals surface area contributed by atoms with Gasteiger partial charge in [0.05, 0.1) is 17.1 Å². The second-order valence-corrected chi connectivity index (χ2v) is 4.98. The first-order chi connectivity index (χ1) is 9.63. The monoisotopic (exact) mass is 334 g/mol. The number of methoxy groups -OCH3 is 1. The quantitative estimate of drug-likeness (QED) is 0.916. The molecule has 2 aromatic rings. The van der Waals surface area contributed by atoms with Crippen LogP contribution in [0.5, 0.6) is 5.75 Å². The minimum Gasteiger partial charge on any atom is -0.495 e. The van der Waals surface area contributed by atoms with Crippen LogP contribution in [0.25, 0.3) is 0 Å². The summed E-state index contributed by atoms with van der Waals surface area (Å²) in [5, 5.41) is 12.2. The van der Waals surface area contributed by atoms with E-state index < -0.39 is 0 Å². The molecule has 0 fully saturated rings. The van der Waals surface area contributed by atoms with Gasteiger partial charge in [0, 0.05) is 12.2 Å². The molecule has 1 N–H and O–H groups in total.